The largest absolute Gasteiger partial charge is 0.359 e. The number of sulfonamides is 1. The highest BCUT2D eigenvalue weighted by Gasteiger charge is 2.31. The lowest BCUT2D eigenvalue weighted by molar-refractivity contribution is -0.142. The molecular weight excluding hydrogens is 504 g/mol. The summed E-state index contributed by atoms with van der Waals surface area (Å²) in [5, 5.41) is 6.49. The SMILES string of the molecule is CCCC(=O)N(Cc1ccc(-c2ccccc2S(=O)(=O)Nc2noc(C)c2C)cc1)C(C(=O)NC)C(C)C. The number of amides is 2. The summed E-state index contributed by atoms with van der Waals surface area (Å²) in [4.78, 5) is 27.4. The molecule has 0 aliphatic rings. The zero-order chi connectivity index (χ0) is 28.0. The maximum Gasteiger partial charge on any atom is 0.263 e. The summed E-state index contributed by atoms with van der Waals surface area (Å²) in [5.41, 5.74) is 2.67. The van der Waals surface area contributed by atoms with Crippen LogP contribution < -0.4 is 10.0 Å². The number of rotatable bonds is 11. The lowest BCUT2D eigenvalue weighted by Gasteiger charge is -2.33. The van der Waals surface area contributed by atoms with Crippen molar-refractivity contribution in [3.05, 3.63) is 65.4 Å². The van der Waals surface area contributed by atoms with Crippen LogP contribution in [0.1, 0.15) is 50.5 Å². The third-order valence-electron chi connectivity index (χ3n) is 6.45. The number of aromatic nitrogens is 1. The van der Waals surface area contributed by atoms with Crippen molar-refractivity contribution in [1.29, 1.82) is 0 Å². The first-order chi connectivity index (χ1) is 18.0. The second-order valence-electron chi connectivity index (χ2n) is 9.59. The molecule has 0 saturated carbocycles. The average Bonchev–Trinajstić information content (AvgIpc) is 3.20. The van der Waals surface area contributed by atoms with Crippen LogP contribution in [0.3, 0.4) is 0 Å². The minimum absolute atomic E-state index is 0.0724. The molecule has 1 heterocycles. The Bertz CT molecular complexity index is 1380. The summed E-state index contributed by atoms with van der Waals surface area (Å²) in [5.74, 6) is 0.330. The van der Waals surface area contributed by atoms with Gasteiger partial charge >= 0.3 is 0 Å². The van der Waals surface area contributed by atoms with Crippen molar-refractivity contribution < 1.29 is 22.5 Å². The topological polar surface area (TPSA) is 122 Å². The molecule has 0 fully saturated rings. The number of hydrogen-bond acceptors (Lipinski definition) is 6. The maximum absolute atomic E-state index is 13.3. The van der Waals surface area contributed by atoms with Crippen LogP contribution in [0, 0.1) is 19.8 Å². The number of aryl methyl sites for hydroxylation is 1. The molecule has 0 radical (unpaired) electrons. The summed E-state index contributed by atoms with van der Waals surface area (Å²) in [7, 11) is -2.38. The Kier molecular flexibility index (Phi) is 9.32. The van der Waals surface area contributed by atoms with Gasteiger partial charge < -0.3 is 14.7 Å². The van der Waals surface area contributed by atoms with Gasteiger partial charge in [-0.3, -0.25) is 14.3 Å². The van der Waals surface area contributed by atoms with E-state index in [-0.39, 0.29) is 35.0 Å². The van der Waals surface area contributed by atoms with E-state index < -0.39 is 16.1 Å². The molecule has 2 amide bonds. The molecule has 10 heteroatoms. The first-order valence-corrected chi connectivity index (χ1v) is 14.1. The molecule has 1 aromatic heterocycles. The number of anilines is 1. The van der Waals surface area contributed by atoms with E-state index in [2.05, 4.69) is 15.2 Å². The Hall–Kier alpha value is -3.66. The van der Waals surface area contributed by atoms with E-state index in [4.69, 9.17) is 4.52 Å². The molecule has 0 bridgehead atoms. The minimum atomic E-state index is -3.95. The molecule has 2 N–H and O–H groups in total. The van der Waals surface area contributed by atoms with E-state index >= 15 is 0 Å². The summed E-state index contributed by atoms with van der Waals surface area (Å²) < 4.78 is 34.1. The number of nitrogens with zero attached hydrogens (tertiary/aromatic N) is 2. The zero-order valence-corrected chi connectivity index (χ0v) is 23.6. The highest BCUT2D eigenvalue weighted by molar-refractivity contribution is 7.92. The van der Waals surface area contributed by atoms with Gasteiger partial charge in [-0.1, -0.05) is 68.4 Å². The van der Waals surface area contributed by atoms with Gasteiger partial charge in [-0.25, -0.2) is 8.42 Å². The van der Waals surface area contributed by atoms with Gasteiger partial charge in [-0.15, -0.1) is 0 Å². The number of hydrogen-bond donors (Lipinski definition) is 2. The monoisotopic (exact) mass is 540 g/mol. The fraction of sp³-hybridized carbons (Fsp3) is 0.393. The average molecular weight is 541 g/mol. The summed E-state index contributed by atoms with van der Waals surface area (Å²) in [6, 6.07) is 13.5. The molecule has 204 valence electrons. The third-order valence-corrected chi connectivity index (χ3v) is 7.85. The molecular formula is C28H36N4O5S. The van der Waals surface area contributed by atoms with Gasteiger partial charge in [0.2, 0.25) is 11.8 Å². The van der Waals surface area contributed by atoms with E-state index in [9.17, 15) is 18.0 Å². The Morgan fingerprint density at radius 2 is 1.71 bits per heavy atom. The van der Waals surface area contributed by atoms with Crippen LogP contribution in [-0.2, 0) is 26.2 Å². The van der Waals surface area contributed by atoms with Gasteiger partial charge in [0.1, 0.15) is 11.8 Å². The predicted molar refractivity (Wildman–Crippen MR) is 147 cm³/mol. The number of likely N-dealkylation sites (N-methyl/N-ethyl adjacent to an activating group) is 1. The third kappa shape index (κ3) is 6.42. The molecule has 9 nitrogen and oxygen atoms in total. The first kappa shape index (κ1) is 28.9. The number of benzene rings is 2. The van der Waals surface area contributed by atoms with Crippen LogP contribution in [0.4, 0.5) is 5.82 Å². The number of carbonyl (C=O) groups excluding carboxylic acids is 2. The molecule has 2 aromatic carbocycles. The molecule has 38 heavy (non-hydrogen) atoms. The van der Waals surface area contributed by atoms with Gasteiger partial charge in [0.25, 0.3) is 10.0 Å². The van der Waals surface area contributed by atoms with Crippen LogP contribution in [0.25, 0.3) is 11.1 Å². The molecule has 3 aromatic rings. The van der Waals surface area contributed by atoms with E-state index in [1.165, 1.54) is 6.07 Å². The second-order valence-corrected chi connectivity index (χ2v) is 11.2. The molecule has 1 atom stereocenters. The summed E-state index contributed by atoms with van der Waals surface area (Å²) >= 11 is 0. The quantitative estimate of drug-likeness (QED) is 0.365. The standard InChI is InChI=1S/C28H36N4O5S/c1-7-10-25(33)32(26(18(2)3)28(34)29-6)17-21-13-15-22(16-14-21)23-11-8-9-12-24(23)38(35,36)31-27-19(4)20(5)37-30-27/h8-9,11-16,18,26H,7,10,17H2,1-6H3,(H,29,34)(H,30,31). The van der Waals surface area contributed by atoms with Gasteiger partial charge in [0.05, 0.1) is 4.90 Å². The van der Waals surface area contributed by atoms with Crippen molar-refractivity contribution in [2.45, 2.75) is 64.9 Å². The zero-order valence-electron chi connectivity index (χ0n) is 22.7. The highest BCUT2D eigenvalue weighted by Crippen LogP contribution is 2.30. The van der Waals surface area contributed by atoms with Crippen molar-refractivity contribution in [2.75, 3.05) is 11.8 Å². The minimum Gasteiger partial charge on any atom is -0.359 e. The van der Waals surface area contributed by atoms with Gasteiger partial charge in [0, 0.05) is 31.1 Å². The second kappa shape index (κ2) is 12.3. The normalized spacial score (nSPS) is 12.3. The van der Waals surface area contributed by atoms with Crippen LogP contribution in [0.2, 0.25) is 0 Å². The van der Waals surface area contributed by atoms with Crippen molar-refractivity contribution in [3.8, 4) is 11.1 Å². The van der Waals surface area contributed by atoms with Gasteiger partial charge in [-0.05, 0) is 43.4 Å². The summed E-state index contributed by atoms with van der Waals surface area (Å²) in [6.45, 7) is 9.48. The number of carbonyl (C=O) groups is 2. The van der Waals surface area contributed by atoms with E-state index in [0.717, 1.165) is 5.56 Å². The lowest BCUT2D eigenvalue weighted by atomic mass is 9.99. The molecule has 0 spiro atoms. The highest BCUT2D eigenvalue weighted by atomic mass is 32.2. The van der Waals surface area contributed by atoms with Crippen LogP contribution in [0.5, 0.6) is 0 Å². The Labute approximate surface area is 224 Å². The predicted octanol–water partition coefficient (Wildman–Crippen LogP) is 4.66. The van der Waals surface area contributed by atoms with Crippen molar-refractivity contribution in [3.63, 3.8) is 0 Å². The van der Waals surface area contributed by atoms with Crippen molar-refractivity contribution in [1.82, 2.24) is 15.4 Å². The van der Waals surface area contributed by atoms with Crippen LogP contribution in [-0.4, -0.2) is 43.4 Å². The molecule has 0 aliphatic carbocycles. The van der Waals surface area contributed by atoms with Crippen LogP contribution in [0.15, 0.2) is 57.9 Å². The first-order valence-electron chi connectivity index (χ1n) is 12.6. The fourth-order valence-electron chi connectivity index (χ4n) is 4.27. The van der Waals surface area contributed by atoms with Crippen LogP contribution >= 0.6 is 0 Å². The van der Waals surface area contributed by atoms with Gasteiger partial charge in [0.15, 0.2) is 5.82 Å². The molecule has 3 rings (SSSR count). The van der Waals surface area contributed by atoms with E-state index in [1.807, 2.05) is 45.0 Å². The Balaban J connectivity index is 1.92. The maximum atomic E-state index is 13.3. The van der Waals surface area contributed by atoms with E-state index in [0.29, 0.717) is 35.3 Å². The Morgan fingerprint density at radius 1 is 1.05 bits per heavy atom. The van der Waals surface area contributed by atoms with E-state index in [1.54, 1.807) is 44.0 Å². The lowest BCUT2D eigenvalue weighted by Crippen LogP contribution is -2.51. The van der Waals surface area contributed by atoms with Crippen molar-refractivity contribution >= 4 is 27.7 Å². The molecule has 0 saturated heterocycles. The fourth-order valence-corrected chi connectivity index (χ4v) is 5.56. The summed E-state index contributed by atoms with van der Waals surface area (Å²) in [6.07, 6.45) is 1.03. The smallest absolute Gasteiger partial charge is 0.263 e. The number of nitrogens with one attached hydrogen (secondary N) is 2. The van der Waals surface area contributed by atoms with Gasteiger partial charge in [-0.2, -0.15) is 0 Å². The Morgan fingerprint density at radius 3 is 2.26 bits per heavy atom. The molecule has 1 unspecified atom stereocenters. The molecule has 0 aliphatic heterocycles. The van der Waals surface area contributed by atoms with Crippen molar-refractivity contribution in [2.24, 2.45) is 5.92 Å².